The molecule has 0 aliphatic heterocycles. The quantitative estimate of drug-likeness (QED) is 0.232. The van der Waals surface area contributed by atoms with Gasteiger partial charge in [0.2, 0.25) is 0 Å². The van der Waals surface area contributed by atoms with Crippen LogP contribution in [0.2, 0.25) is 9.26 Å². The van der Waals surface area contributed by atoms with E-state index in [-0.39, 0.29) is 0 Å². The second-order valence-electron chi connectivity index (χ2n) is 11.0. The molecule has 4 aromatic carbocycles. The summed E-state index contributed by atoms with van der Waals surface area (Å²) >= 11 is -3.35. The van der Waals surface area contributed by atoms with Crippen molar-refractivity contribution in [3.8, 4) is 22.3 Å². The van der Waals surface area contributed by atoms with Crippen LogP contribution in [0.25, 0.3) is 34.4 Å². The molecule has 0 spiro atoms. The first-order valence-electron chi connectivity index (χ1n) is 12.2. The topological polar surface area (TPSA) is 0 Å². The summed E-state index contributed by atoms with van der Waals surface area (Å²) in [7, 11) is 0. The van der Waals surface area contributed by atoms with Gasteiger partial charge < -0.3 is 0 Å². The number of hydrogen-bond donors (Lipinski definition) is 0. The Morgan fingerprint density at radius 2 is 0.941 bits per heavy atom. The summed E-state index contributed by atoms with van der Waals surface area (Å²) in [5, 5.41) is 0. The number of hydrogen-bond acceptors (Lipinski definition) is 0. The molecule has 2 atom stereocenters. The van der Waals surface area contributed by atoms with Crippen molar-refractivity contribution in [2.45, 2.75) is 16.5 Å². The molecule has 0 N–H and O–H groups in total. The van der Waals surface area contributed by atoms with E-state index in [1.165, 1.54) is 44.5 Å². The fourth-order valence-corrected chi connectivity index (χ4v) is 21.3. The van der Waals surface area contributed by atoms with E-state index in [4.69, 9.17) is 0 Å². The van der Waals surface area contributed by atoms with E-state index in [0.717, 1.165) is 0 Å². The zero-order valence-corrected chi connectivity index (χ0v) is 23.8. The first kappa shape index (κ1) is 22.0. The Morgan fingerprint density at radius 1 is 0.529 bits per heavy atom. The maximum atomic E-state index is 2.68. The molecule has 0 fully saturated rings. The second-order valence-corrected chi connectivity index (χ2v) is 41.7. The van der Waals surface area contributed by atoms with Crippen LogP contribution in [0.3, 0.4) is 0 Å². The van der Waals surface area contributed by atoms with Crippen LogP contribution in [0.5, 0.6) is 0 Å². The Kier molecular flexibility index (Phi) is 5.17. The Hall–Kier alpha value is -2.54. The van der Waals surface area contributed by atoms with Gasteiger partial charge in [-0.15, -0.1) is 0 Å². The molecule has 2 aliphatic rings. The normalized spacial score (nSPS) is 18.7. The van der Waals surface area contributed by atoms with Crippen molar-refractivity contribution < 1.29 is 17.4 Å². The summed E-state index contributed by atoms with van der Waals surface area (Å²) in [5.41, 5.74) is 11.3. The molecule has 34 heavy (non-hydrogen) atoms. The Bertz CT molecular complexity index is 1410. The average Bonchev–Trinajstić information content (AvgIpc) is 3.51. The van der Waals surface area contributed by atoms with Gasteiger partial charge in [-0.2, -0.15) is 0 Å². The van der Waals surface area contributed by atoms with Gasteiger partial charge >= 0.3 is 207 Å². The molecule has 0 nitrogen and oxygen atoms in total. The van der Waals surface area contributed by atoms with Crippen LogP contribution >= 0.6 is 0 Å². The standard InChI is InChI=1S/2C15H11.2CH3.H2Si.Zr/c2*1-2-6-12(7-3-1)14-10-4-8-13-9-5-11-15(13)14;;;;/h2*1-11H;2*1H3;1H2;. The van der Waals surface area contributed by atoms with Gasteiger partial charge in [-0.25, -0.2) is 0 Å². The van der Waals surface area contributed by atoms with Crippen LogP contribution in [0, 0.1) is 0 Å². The maximum absolute atomic E-state index is 3.35. The Morgan fingerprint density at radius 3 is 1.35 bits per heavy atom. The van der Waals surface area contributed by atoms with E-state index in [0.29, 0.717) is 7.25 Å². The van der Waals surface area contributed by atoms with Crippen molar-refractivity contribution in [1.29, 1.82) is 0 Å². The van der Waals surface area contributed by atoms with Crippen molar-refractivity contribution in [2.24, 2.45) is 0 Å². The molecule has 0 bridgehead atoms. The van der Waals surface area contributed by atoms with Gasteiger partial charge in [0, 0.05) is 0 Å². The molecule has 0 aromatic heterocycles. The van der Waals surface area contributed by atoms with Crippen LogP contribution in [0.1, 0.15) is 29.5 Å². The molecule has 0 radical (unpaired) electrons. The minimum absolute atomic E-state index is 0.541. The van der Waals surface area contributed by atoms with Gasteiger partial charge in [0.25, 0.3) is 0 Å². The predicted molar refractivity (Wildman–Crippen MR) is 148 cm³/mol. The van der Waals surface area contributed by atoms with Gasteiger partial charge in [-0.1, -0.05) is 0 Å². The van der Waals surface area contributed by atoms with Gasteiger partial charge in [0.15, 0.2) is 0 Å². The molecule has 0 saturated carbocycles. The first-order valence-corrected chi connectivity index (χ1v) is 25.9. The molecule has 2 unspecified atom stereocenters. The van der Waals surface area contributed by atoms with E-state index in [1.807, 2.05) is 0 Å². The van der Waals surface area contributed by atoms with Crippen LogP contribution < -0.4 is 0 Å². The Balaban J connectivity index is 1.45. The molecular formula is C32H30SiZr. The van der Waals surface area contributed by atoms with E-state index in [1.54, 1.807) is 0 Å². The summed E-state index contributed by atoms with van der Waals surface area (Å²) in [6.07, 6.45) is 9.91. The van der Waals surface area contributed by atoms with Crippen LogP contribution in [-0.4, -0.2) is 6.88 Å². The molecule has 4 aromatic rings. The first-order chi connectivity index (χ1) is 16.4. The molecule has 0 saturated heterocycles. The van der Waals surface area contributed by atoms with Crippen LogP contribution in [-0.2, 0) is 17.4 Å². The van der Waals surface area contributed by atoms with E-state index in [9.17, 15) is 0 Å². The molecule has 0 heterocycles. The third-order valence-corrected chi connectivity index (χ3v) is 25.8. The van der Waals surface area contributed by atoms with Crippen molar-refractivity contribution >= 4 is 19.0 Å². The molecule has 2 aliphatic carbocycles. The third-order valence-electron chi connectivity index (χ3n) is 8.07. The zero-order chi connectivity index (χ0) is 23.4. The van der Waals surface area contributed by atoms with Gasteiger partial charge in [-0.3, -0.25) is 0 Å². The van der Waals surface area contributed by atoms with Crippen LogP contribution in [0.15, 0.2) is 109 Å². The number of fused-ring (bicyclic) bond motifs is 2. The third kappa shape index (κ3) is 3.43. The van der Waals surface area contributed by atoms with E-state index < -0.39 is 17.4 Å². The monoisotopic (exact) mass is 532 g/mol. The van der Waals surface area contributed by atoms with Crippen molar-refractivity contribution in [2.75, 3.05) is 0 Å². The molecule has 2 heteroatoms. The molecule has 6 rings (SSSR count). The average molecular weight is 534 g/mol. The fraction of sp³-hybridized carbons (Fsp3) is 0.125. The molecule has 0 amide bonds. The van der Waals surface area contributed by atoms with Gasteiger partial charge in [0.05, 0.1) is 0 Å². The summed E-state index contributed by atoms with van der Waals surface area (Å²) in [5.74, 6) is 0. The van der Waals surface area contributed by atoms with E-state index >= 15 is 0 Å². The molecular weight excluding hydrogens is 504 g/mol. The summed E-state index contributed by atoms with van der Waals surface area (Å²) in [6.45, 7) is 2.39. The van der Waals surface area contributed by atoms with Crippen molar-refractivity contribution in [1.82, 2.24) is 0 Å². The van der Waals surface area contributed by atoms with Crippen molar-refractivity contribution in [3.63, 3.8) is 0 Å². The second kappa shape index (κ2) is 8.01. The van der Waals surface area contributed by atoms with Gasteiger partial charge in [-0.05, 0) is 0 Å². The minimum atomic E-state index is -3.35. The summed E-state index contributed by atoms with van der Waals surface area (Å²) in [6, 6.07) is 35.6. The number of rotatable bonds is 4. The summed E-state index contributed by atoms with van der Waals surface area (Å²) in [4.78, 5) is 0. The summed E-state index contributed by atoms with van der Waals surface area (Å²) < 4.78 is 6.44. The zero-order valence-electron chi connectivity index (χ0n) is 19.9. The van der Waals surface area contributed by atoms with Gasteiger partial charge in [0.1, 0.15) is 0 Å². The Labute approximate surface area is 205 Å². The number of benzene rings is 4. The SMILES string of the molecule is [CH3][Zr]([CH3])(=[SiH2])([CH]1C=Cc2c(-c3ccccc3)cccc21)[CH]1C=Cc2c(-c3ccccc3)cccc21. The fourth-order valence-electron chi connectivity index (χ4n) is 6.26. The number of allylic oxidation sites excluding steroid dienone is 2. The predicted octanol–water partition coefficient (Wildman–Crippen LogP) is 8.19. The van der Waals surface area contributed by atoms with Crippen LogP contribution in [0.4, 0.5) is 0 Å². The van der Waals surface area contributed by atoms with E-state index in [2.05, 4.69) is 138 Å². The molecule has 166 valence electrons. The van der Waals surface area contributed by atoms with Crippen molar-refractivity contribution in [3.05, 3.63) is 131 Å².